The summed E-state index contributed by atoms with van der Waals surface area (Å²) in [4.78, 5) is 26.2. The topological polar surface area (TPSA) is 67.9 Å². The lowest BCUT2D eigenvalue weighted by atomic mass is 10.1. The smallest absolute Gasteiger partial charge is 0.255 e. The first kappa shape index (κ1) is 17.1. The fourth-order valence-corrected chi connectivity index (χ4v) is 4.21. The molecule has 28 heavy (non-hydrogen) atoms. The second-order valence-electron chi connectivity index (χ2n) is 7.63. The number of nitrogens with one attached hydrogen (secondary N) is 1. The molecular weight excluding hydrogens is 356 g/mol. The molecule has 5 rings (SSSR count). The second-order valence-corrected chi connectivity index (χ2v) is 7.63. The molecule has 6 heteroatoms. The number of nitrogens with zero attached hydrogens (tertiary/aromatic N) is 1. The molecule has 0 bridgehead atoms. The van der Waals surface area contributed by atoms with Crippen LogP contribution in [0.4, 0.5) is 11.4 Å². The van der Waals surface area contributed by atoms with Crippen LogP contribution in [0.25, 0.3) is 0 Å². The first-order valence-corrected chi connectivity index (χ1v) is 9.86. The Morgan fingerprint density at radius 2 is 1.71 bits per heavy atom. The summed E-state index contributed by atoms with van der Waals surface area (Å²) >= 11 is 0. The van der Waals surface area contributed by atoms with Crippen LogP contribution in [0.2, 0.25) is 0 Å². The second kappa shape index (κ2) is 6.55. The molecule has 2 aromatic carbocycles. The third-order valence-corrected chi connectivity index (χ3v) is 5.67. The van der Waals surface area contributed by atoms with Crippen molar-refractivity contribution in [1.29, 1.82) is 0 Å². The number of hydrogen-bond donors (Lipinski definition) is 1. The summed E-state index contributed by atoms with van der Waals surface area (Å²) in [5, 5.41) is 2.91. The van der Waals surface area contributed by atoms with Crippen LogP contribution in [-0.2, 0) is 4.79 Å². The Kier molecular flexibility index (Phi) is 4.00. The van der Waals surface area contributed by atoms with Gasteiger partial charge in [0.05, 0.1) is 0 Å². The maximum atomic E-state index is 12.6. The molecule has 1 saturated heterocycles. The van der Waals surface area contributed by atoms with Gasteiger partial charge >= 0.3 is 0 Å². The molecule has 6 nitrogen and oxygen atoms in total. The SMILES string of the molecule is O=C(Nc1ccc2c(c1)OC1(CCCC1)O2)c1ccc(N2CCCC2=O)cc1. The van der Waals surface area contributed by atoms with Crippen molar-refractivity contribution in [2.75, 3.05) is 16.8 Å². The number of rotatable bonds is 3. The van der Waals surface area contributed by atoms with E-state index in [1.807, 2.05) is 30.3 Å². The van der Waals surface area contributed by atoms with Gasteiger partial charge in [-0.15, -0.1) is 0 Å². The molecule has 1 saturated carbocycles. The zero-order valence-electron chi connectivity index (χ0n) is 15.6. The first-order valence-electron chi connectivity index (χ1n) is 9.86. The highest BCUT2D eigenvalue weighted by Gasteiger charge is 2.44. The van der Waals surface area contributed by atoms with Gasteiger partial charge in [0.25, 0.3) is 11.7 Å². The predicted molar refractivity (Wildman–Crippen MR) is 105 cm³/mol. The Hall–Kier alpha value is -3.02. The van der Waals surface area contributed by atoms with Crippen molar-refractivity contribution < 1.29 is 19.1 Å². The summed E-state index contributed by atoms with van der Waals surface area (Å²) < 4.78 is 12.1. The van der Waals surface area contributed by atoms with Gasteiger partial charge < -0.3 is 19.7 Å². The van der Waals surface area contributed by atoms with E-state index < -0.39 is 5.79 Å². The summed E-state index contributed by atoms with van der Waals surface area (Å²) in [6.07, 6.45) is 5.48. The number of anilines is 2. The van der Waals surface area contributed by atoms with Crippen molar-refractivity contribution in [3.05, 3.63) is 48.0 Å². The van der Waals surface area contributed by atoms with Crippen LogP contribution in [0.3, 0.4) is 0 Å². The summed E-state index contributed by atoms with van der Waals surface area (Å²) in [7, 11) is 0. The van der Waals surface area contributed by atoms with Crippen LogP contribution in [0.5, 0.6) is 11.5 Å². The van der Waals surface area contributed by atoms with Gasteiger partial charge in [-0.3, -0.25) is 9.59 Å². The lowest BCUT2D eigenvalue weighted by molar-refractivity contribution is -0.117. The fraction of sp³-hybridized carbons (Fsp3) is 0.364. The Labute approximate surface area is 163 Å². The molecular formula is C22H22N2O4. The number of fused-ring (bicyclic) bond motifs is 1. The molecule has 2 aliphatic heterocycles. The van der Waals surface area contributed by atoms with Crippen LogP contribution < -0.4 is 19.7 Å². The minimum atomic E-state index is -0.506. The molecule has 0 atom stereocenters. The van der Waals surface area contributed by atoms with Crippen molar-refractivity contribution in [2.24, 2.45) is 0 Å². The van der Waals surface area contributed by atoms with Gasteiger partial charge in [0.2, 0.25) is 5.91 Å². The van der Waals surface area contributed by atoms with Gasteiger partial charge in [0.15, 0.2) is 11.5 Å². The standard InChI is InChI=1S/C22H22N2O4/c25-20-4-3-13-24(20)17-8-5-15(6-9-17)21(26)23-16-7-10-18-19(14-16)28-22(27-18)11-1-2-12-22/h5-10,14H,1-4,11-13H2,(H,23,26). The Morgan fingerprint density at radius 3 is 2.43 bits per heavy atom. The van der Waals surface area contributed by atoms with E-state index in [-0.39, 0.29) is 11.8 Å². The van der Waals surface area contributed by atoms with Crippen molar-refractivity contribution in [3.63, 3.8) is 0 Å². The molecule has 1 spiro atoms. The number of carbonyl (C=O) groups excluding carboxylic acids is 2. The molecule has 0 aromatic heterocycles. The molecule has 2 aromatic rings. The number of benzene rings is 2. The Morgan fingerprint density at radius 1 is 0.964 bits per heavy atom. The number of amides is 2. The van der Waals surface area contributed by atoms with Gasteiger partial charge in [-0.05, 0) is 55.7 Å². The number of ether oxygens (including phenoxy) is 2. The summed E-state index contributed by atoms with van der Waals surface area (Å²) in [6.45, 7) is 0.739. The normalized spacial score (nSPS) is 19.4. The molecule has 3 aliphatic rings. The van der Waals surface area contributed by atoms with E-state index in [2.05, 4.69) is 5.32 Å². The van der Waals surface area contributed by atoms with Gasteiger partial charge in [-0.2, -0.15) is 0 Å². The fourth-order valence-electron chi connectivity index (χ4n) is 4.21. The maximum Gasteiger partial charge on any atom is 0.255 e. The van der Waals surface area contributed by atoms with Crippen molar-refractivity contribution in [1.82, 2.24) is 0 Å². The van der Waals surface area contributed by atoms with Crippen LogP contribution in [0.15, 0.2) is 42.5 Å². The zero-order valence-corrected chi connectivity index (χ0v) is 15.6. The molecule has 2 heterocycles. The van der Waals surface area contributed by atoms with Crippen molar-refractivity contribution in [2.45, 2.75) is 44.3 Å². The first-order chi connectivity index (χ1) is 13.6. The van der Waals surface area contributed by atoms with Crippen molar-refractivity contribution in [3.8, 4) is 11.5 Å². The average molecular weight is 378 g/mol. The van der Waals surface area contributed by atoms with Crippen LogP contribution in [0, 0.1) is 0 Å². The van der Waals surface area contributed by atoms with Gasteiger partial charge in [-0.1, -0.05) is 0 Å². The van der Waals surface area contributed by atoms with E-state index in [0.717, 1.165) is 50.1 Å². The van der Waals surface area contributed by atoms with E-state index in [0.29, 0.717) is 23.4 Å². The zero-order chi connectivity index (χ0) is 19.1. The van der Waals surface area contributed by atoms with Crippen LogP contribution >= 0.6 is 0 Å². The van der Waals surface area contributed by atoms with E-state index >= 15 is 0 Å². The molecule has 144 valence electrons. The molecule has 0 unspecified atom stereocenters. The van der Waals surface area contributed by atoms with E-state index in [4.69, 9.17) is 9.47 Å². The maximum absolute atomic E-state index is 12.6. The van der Waals surface area contributed by atoms with Gasteiger partial charge in [0, 0.05) is 48.8 Å². The quantitative estimate of drug-likeness (QED) is 0.873. The number of hydrogen-bond acceptors (Lipinski definition) is 4. The average Bonchev–Trinajstić information content (AvgIpc) is 3.42. The Bertz CT molecular complexity index is 932. The molecule has 1 N–H and O–H groups in total. The third kappa shape index (κ3) is 2.99. The van der Waals surface area contributed by atoms with Gasteiger partial charge in [0.1, 0.15) is 0 Å². The summed E-state index contributed by atoms with van der Waals surface area (Å²) in [5.41, 5.74) is 2.05. The highest BCUT2D eigenvalue weighted by molar-refractivity contribution is 6.05. The highest BCUT2D eigenvalue weighted by Crippen LogP contribution is 2.47. The minimum absolute atomic E-state index is 0.137. The van der Waals surface area contributed by atoms with E-state index in [1.165, 1.54) is 0 Å². The minimum Gasteiger partial charge on any atom is -0.448 e. The van der Waals surface area contributed by atoms with E-state index in [9.17, 15) is 9.59 Å². The lowest BCUT2D eigenvalue weighted by Crippen LogP contribution is -2.34. The molecule has 0 radical (unpaired) electrons. The molecule has 2 amide bonds. The summed E-state index contributed by atoms with van der Waals surface area (Å²) in [6, 6.07) is 12.6. The Balaban J connectivity index is 1.28. The molecule has 1 aliphatic carbocycles. The predicted octanol–water partition coefficient (Wildman–Crippen LogP) is 4.11. The van der Waals surface area contributed by atoms with Crippen LogP contribution in [0.1, 0.15) is 48.9 Å². The summed E-state index contributed by atoms with van der Waals surface area (Å²) in [5.74, 6) is 0.849. The molecule has 2 fully saturated rings. The van der Waals surface area contributed by atoms with E-state index in [1.54, 1.807) is 17.0 Å². The number of carbonyl (C=O) groups is 2. The lowest BCUT2D eigenvalue weighted by Gasteiger charge is -2.21. The largest absolute Gasteiger partial charge is 0.448 e. The van der Waals surface area contributed by atoms with Crippen LogP contribution in [-0.4, -0.2) is 24.1 Å². The highest BCUT2D eigenvalue weighted by atomic mass is 16.7. The van der Waals surface area contributed by atoms with Crippen molar-refractivity contribution >= 4 is 23.2 Å². The third-order valence-electron chi connectivity index (χ3n) is 5.67. The monoisotopic (exact) mass is 378 g/mol. The van der Waals surface area contributed by atoms with Gasteiger partial charge in [-0.25, -0.2) is 0 Å².